The minimum atomic E-state index is -1.03. The highest BCUT2D eigenvalue weighted by Gasteiger charge is 2.32. The molecule has 3 N–H and O–H groups in total. The Bertz CT molecular complexity index is 1220. The average molecular weight is 537 g/mol. The number of nitrogens with zero attached hydrogens (tertiary/aromatic N) is 3. The number of imidazole rings is 1. The van der Waals surface area contributed by atoms with E-state index in [-0.39, 0.29) is 5.82 Å². The third kappa shape index (κ3) is 6.98. The van der Waals surface area contributed by atoms with Crippen molar-refractivity contribution in [2.45, 2.75) is 65.6 Å². The van der Waals surface area contributed by atoms with Gasteiger partial charge in [0.05, 0.1) is 40.1 Å². The summed E-state index contributed by atoms with van der Waals surface area (Å²) < 4.78 is 7.61. The molecule has 0 saturated carbocycles. The Morgan fingerprint density at radius 2 is 1.92 bits per heavy atom. The zero-order valence-corrected chi connectivity index (χ0v) is 22.1. The highest BCUT2D eigenvalue weighted by atomic mass is 35.5. The van der Waals surface area contributed by atoms with Crippen molar-refractivity contribution in [2.24, 2.45) is 5.41 Å². The van der Waals surface area contributed by atoms with Gasteiger partial charge in [-0.2, -0.15) is 5.10 Å². The van der Waals surface area contributed by atoms with Gasteiger partial charge < -0.3 is 19.9 Å². The molecule has 0 unspecified atom stereocenters. The summed E-state index contributed by atoms with van der Waals surface area (Å²) in [6.45, 7) is 8.05. The number of amides is 2. The van der Waals surface area contributed by atoms with E-state index < -0.39 is 35.3 Å². The number of unbranched alkanes of at least 4 members (excludes halogenated alkanes) is 1. The molecule has 194 valence electrons. The first kappa shape index (κ1) is 27.5. The number of hydrogen-bond acceptors (Lipinski definition) is 6. The number of benzene rings is 1. The Balaban J connectivity index is 1.73. The van der Waals surface area contributed by atoms with Gasteiger partial charge in [0.25, 0.3) is 5.91 Å². The van der Waals surface area contributed by atoms with Crippen LogP contribution in [0.4, 0.5) is 10.6 Å². The number of aromatic amines is 1. The first-order valence-corrected chi connectivity index (χ1v) is 12.4. The molecule has 2 amide bonds. The third-order valence-corrected chi connectivity index (χ3v) is 6.39. The van der Waals surface area contributed by atoms with Gasteiger partial charge in [-0.25, -0.2) is 9.78 Å². The van der Waals surface area contributed by atoms with Crippen molar-refractivity contribution >= 4 is 57.8 Å². The monoisotopic (exact) mass is 536 g/mol. The number of rotatable bonds is 10. The predicted molar refractivity (Wildman–Crippen MR) is 138 cm³/mol. The number of fused-ring (bicyclic) bond motifs is 1. The van der Waals surface area contributed by atoms with Crippen molar-refractivity contribution in [1.29, 1.82) is 0 Å². The molecule has 0 aliphatic carbocycles. The van der Waals surface area contributed by atoms with Crippen LogP contribution >= 0.6 is 23.2 Å². The van der Waals surface area contributed by atoms with Gasteiger partial charge in [0, 0.05) is 11.5 Å². The number of Topliss-reactive ketones (excluding diaryl/α,β-unsaturated/α-hetero) is 1. The van der Waals surface area contributed by atoms with E-state index in [1.807, 2.05) is 32.3 Å². The summed E-state index contributed by atoms with van der Waals surface area (Å²) in [6.07, 6.45) is 3.42. The number of nitrogens with one attached hydrogen (secondary N) is 3. The van der Waals surface area contributed by atoms with Gasteiger partial charge >= 0.3 is 6.09 Å². The third-order valence-electron chi connectivity index (χ3n) is 5.67. The number of carbonyl (C=O) groups is 3. The van der Waals surface area contributed by atoms with Gasteiger partial charge in [-0.3, -0.25) is 14.7 Å². The maximum atomic E-state index is 12.9. The summed E-state index contributed by atoms with van der Waals surface area (Å²) in [4.78, 5) is 42.5. The van der Waals surface area contributed by atoms with E-state index in [4.69, 9.17) is 27.9 Å². The Morgan fingerprint density at radius 1 is 1.19 bits per heavy atom. The quantitative estimate of drug-likeness (QED) is 0.313. The largest absolute Gasteiger partial charge is 0.444 e. The zero-order chi connectivity index (χ0) is 26.5. The molecule has 2 heterocycles. The van der Waals surface area contributed by atoms with Crippen LogP contribution < -0.4 is 10.6 Å². The molecule has 0 bridgehead atoms. The molecule has 3 rings (SSSR count). The fourth-order valence-corrected chi connectivity index (χ4v) is 3.83. The van der Waals surface area contributed by atoms with E-state index in [9.17, 15) is 14.4 Å². The second-order valence-electron chi connectivity index (χ2n) is 9.54. The van der Waals surface area contributed by atoms with Crippen LogP contribution in [0.3, 0.4) is 0 Å². The number of anilines is 1. The van der Waals surface area contributed by atoms with Crippen LogP contribution in [0.5, 0.6) is 0 Å². The molecule has 2 atom stereocenters. The van der Waals surface area contributed by atoms with Crippen LogP contribution in [-0.2, 0) is 20.9 Å². The van der Waals surface area contributed by atoms with Gasteiger partial charge in [0.2, 0.25) is 5.78 Å². The van der Waals surface area contributed by atoms with Crippen molar-refractivity contribution < 1.29 is 19.1 Å². The van der Waals surface area contributed by atoms with Crippen molar-refractivity contribution in [2.75, 3.05) is 5.32 Å². The Hall–Kier alpha value is -3.11. The zero-order valence-electron chi connectivity index (χ0n) is 20.6. The van der Waals surface area contributed by atoms with Gasteiger partial charge in [0.15, 0.2) is 0 Å². The minimum Gasteiger partial charge on any atom is -0.444 e. The molecule has 0 saturated heterocycles. The summed E-state index contributed by atoms with van der Waals surface area (Å²) >= 11 is 12.3. The molecule has 0 radical (unpaired) electrons. The van der Waals surface area contributed by atoms with Crippen molar-refractivity contribution in [3.63, 3.8) is 0 Å². The standard InChI is InChI=1S/C24H30Cl2N6O4/c1-5-6-7-16(21(33)22(34)30-20-8-9-28-31-20)29-23(35)36-19(24(2,3)4)12-32-13-27-17-10-14(25)15(26)11-18(17)32/h8-11,13,16,19H,5-7,12H2,1-4H3,(H,29,35)(H2,28,30,31,34)/t16-,19+/m0/s1. The SMILES string of the molecule is CCCC[C@H](NC(=O)O[C@H](Cn1cnc2cc(Cl)c(Cl)cc21)C(C)(C)C)C(=O)C(=O)Nc1ccn[nH]1. The van der Waals surface area contributed by atoms with Crippen molar-refractivity contribution in [3.05, 3.63) is 40.8 Å². The minimum absolute atomic E-state index is 0.284. The fraction of sp³-hybridized carbons (Fsp3) is 0.458. The van der Waals surface area contributed by atoms with Crippen LogP contribution in [0.15, 0.2) is 30.7 Å². The molecular formula is C24H30Cl2N6O4. The second-order valence-corrected chi connectivity index (χ2v) is 10.4. The summed E-state index contributed by atoms with van der Waals surface area (Å²) in [5.74, 6) is -1.34. The molecule has 0 aliphatic rings. The van der Waals surface area contributed by atoms with E-state index >= 15 is 0 Å². The van der Waals surface area contributed by atoms with Gasteiger partial charge in [-0.1, -0.05) is 63.7 Å². The highest BCUT2D eigenvalue weighted by Crippen LogP contribution is 2.29. The first-order chi connectivity index (χ1) is 17.0. The van der Waals surface area contributed by atoms with Crippen LogP contribution in [0.2, 0.25) is 10.0 Å². The van der Waals surface area contributed by atoms with Gasteiger partial charge in [-0.15, -0.1) is 0 Å². The molecule has 0 spiro atoms. The number of H-pyrrole nitrogens is 1. The number of alkyl carbamates (subject to hydrolysis) is 1. The lowest BCUT2D eigenvalue weighted by atomic mass is 9.89. The molecule has 12 heteroatoms. The lowest BCUT2D eigenvalue weighted by Crippen LogP contribution is -2.48. The number of ether oxygens (including phenoxy) is 1. The summed E-state index contributed by atoms with van der Waals surface area (Å²) in [6, 6.07) is 3.87. The van der Waals surface area contributed by atoms with Crippen LogP contribution in [0.25, 0.3) is 11.0 Å². The van der Waals surface area contributed by atoms with E-state index in [0.717, 1.165) is 11.9 Å². The second kappa shape index (κ2) is 11.7. The Labute approximate surface area is 219 Å². The molecule has 0 aliphatic heterocycles. The van der Waals surface area contributed by atoms with Gasteiger partial charge in [-0.05, 0) is 18.6 Å². The fourth-order valence-electron chi connectivity index (χ4n) is 3.52. The summed E-state index contributed by atoms with van der Waals surface area (Å²) in [5.41, 5.74) is 0.953. The molecule has 3 aromatic rings. The maximum Gasteiger partial charge on any atom is 0.408 e. The number of aromatic nitrogens is 4. The van der Waals surface area contributed by atoms with Crippen LogP contribution in [-0.4, -0.2) is 49.7 Å². The van der Waals surface area contributed by atoms with Crippen LogP contribution in [0, 0.1) is 5.41 Å². The average Bonchev–Trinajstić information content (AvgIpc) is 3.45. The van der Waals surface area contributed by atoms with Gasteiger partial charge in [0.1, 0.15) is 18.0 Å². The van der Waals surface area contributed by atoms with E-state index in [2.05, 4.69) is 25.8 Å². The number of hydrogen-bond donors (Lipinski definition) is 3. The van der Waals surface area contributed by atoms with E-state index in [1.165, 1.54) is 12.3 Å². The topological polar surface area (TPSA) is 131 Å². The molecule has 36 heavy (non-hydrogen) atoms. The Kier molecular flexibility index (Phi) is 8.97. The number of ketones is 1. The number of halogens is 2. The highest BCUT2D eigenvalue weighted by molar-refractivity contribution is 6.43. The smallest absolute Gasteiger partial charge is 0.408 e. The maximum absolute atomic E-state index is 12.9. The first-order valence-electron chi connectivity index (χ1n) is 11.6. The van der Waals surface area contributed by atoms with Crippen LogP contribution in [0.1, 0.15) is 47.0 Å². The lowest BCUT2D eigenvalue weighted by molar-refractivity contribution is -0.136. The molecule has 2 aromatic heterocycles. The Morgan fingerprint density at radius 3 is 2.56 bits per heavy atom. The summed E-state index contributed by atoms with van der Waals surface area (Å²) in [5, 5.41) is 12.1. The molecule has 0 fully saturated rings. The summed E-state index contributed by atoms with van der Waals surface area (Å²) in [7, 11) is 0. The van der Waals surface area contributed by atoms with Crippen molar-refractivity contribution in [1.82, 2.24) is 25.1 Å². The molecular weight excluding hydrogens is 507 g/mol. The predicted octanol–water partition coefficient (Wildman–Crippen LogP) is 4.97. The van der Waals surface area contributed by atoms with E-state index in [1.54, 1.807) is 18.5 Å². The number of carbonyl (C=O) groups excluding carboxylic acids is 3. The van der Waals surface area contributed by atoms with Crippen molar-refractivity contribution in [3.8, 4) is 0 Å². The molecule has 1 aromatic carbocycles. The lowest BCUT2D eigenvalue weighted by Gasteiger charge is -2.31. The normalized spacial score (nSPS) is 13.3. The van der Waals surface area contributed by atoms with E-state index in [0.29, 0.717) is 34.9 Å². The molecule has 10 nitrogen and oxygen atoms in total.